The van der Waals surface area contributed by atoms with Crippen LogP contribution in [0.25, 0.3) is 0 Å². The fourth-order valence-corrected chi connectivity index (χ4v) is 1.92. The monoisotopic (exact) mass is 249 g/mol. The number of aryl methyl sites for hydroxylation is 2. The van der Waals surface area contributed by atoms with E-state index in [4.69, 9.17) is 11.5 Å². The summed E-state index contributed by atoms with van der Waals surface area (Å²) >= 11 is 0. The summed E-state index contributed by atoms with van der Waals surface area (Å²) < 4.78 is 0. The normalized spacial score (nSPS) is 10.4. The van der Waals surface area contributed by atoms with Gasteiger partial charge in [0.05, 0.1) is 0 Å². The molecule has 0 atom stereocenters. The van der Waals surface area contributed by atoms with Crippen LogP contribution < -0.4 is 16.8 Å². The van der Waals surface area contributed by atoms with Crippen molar-refractivity contribution in [3.8, 4) is 0 Å². The zero-order valence-electron chi connectivity index (χ0n) is 11.0. The Morgan fingerprint density at radius 1 is 1.17 bits per heavy atom. The Hall–Kier alpha value is -1.39. The standard InChI is InChI=1S/C14H23N3O/c1-11(18)17-14-7-6-12(4-2-8-15)10-13(14)5-3-9-16/h6-7,10H,2-5,8-9,15-16H2,1H3,(H,17,18). The van der Waals surface area contributed by atoms with Gasteiger partial charge >= 0.3 is 0 Å². The highest BCUT2D eigenvalue weighted by molar-refractivity contribution is 5.89. The number of nitrogens with two attached hydrogens (primary N) is 2. The third kappa shape index (κ3) is 4.85. The molecule has 100 valence electrons. The fourth-order valence-electron chi connectivity index (χ4n) is 1.92. The van der Waals surface area contributed by atoms with Crippen molar-refractivity contribution in [2.75, 3.05) is 18.4 Å². The second kappa shape index (κ2) is 7.84. The Kier molecular flexibility index (Phi) is 6.39. The van der Waals surface area contributed by atoms with Crippen molar-refractivity contribution >= 4 is 11.6 Å². The molecule has 0 fully saturated rings. The Bertz CT molecular complexity index is 391. The Balaban J connectivity index is 2.84. The third-order valence-electron chi connectivity index (χ3n) is 2.80. The van der Waals surface area contributed by atoms with Gasteiger partial charge in [-0.25, -0.2) is 0 Å². The van der Waals surface area contributed by atoms with Crippen molar-refractivity contribution in [2.45, 2.75) is 32.6 Å². The van der Waals surface area contributed by atoms with Gasteiger partial charge in [0.15, 0.2) is 0 Å². The predicted octanol–water partition coefficient (Wildman–Crippen LogP) is 1.43. The zero-order chi connectivity index (χ0) is 13.4. The molecule has 1 amide bonds. The van der Waals surface area contributed by atoms with E-state index < -0.39 is 0 Å². The van der Waals surface area contributed by atoms with E-state index in [0.29, 0.717) is 13.1 Å². The second-order valence-electron chi connectivity index (χ2n) is 4.46. The van der Waals surface area contributed by atoms with Gasteiger partial charge in [0.25, 0.3) is 0 Å². The van der Waals surface area contributed by atoms with Crippen molar-refractivity contribution in [3.63, 3.8) is 0 Å². The lowest BCUT2D eigenvalue weighted by molar-refractivity contribution is -0.114. The molecule has 5 N–H and O–H groups in total. The Labute approximate surface area is 109 Å². The molecule has 0 saturated heterocycles. The minimum Gasteiger partial charge on any atom is -0.330 e. The highest BCUT2D eigenvalue weighted by atomic mass is 16.1. The van der Waals surface area contributed by atoms with Gasteiger partial charge in [0, 0.05) is 12.6 Å². The van der Waals surface area contributed by atoms with E-state index in [1.165, 1.54) is 12.5 Å². The van der Waals surface area contributed by atoms with E-state index in [-0.39, 0.29) is 5.91 Å². The molecule has 0 radical (unpaired) electrons. The minimum absolute atomic E-state index is 0.0429. The average Bonchev–Trinajstić information content (AvgIpc) is 2.35. The summed E-state index contributed by atoms with van der Waals surface area (Å²) in [5.41, 5.74) is 14.4. The number of hydrogen-bond donors (Lipinski definition) is 3. The Morgan fingerprint density at radius 2 is 1.83 bits per heavy atom. The molecule has 0 heterocycles. The number of carbonyl (C=O) groups excluding carboxylic acids is 1. The molecule has 1 aromatic rings. The number of anilines is 1. The van der Waals surface area contributed by atoms with Crippen LogP contribution in [0.1, 0.15) is 30.9 Å². The summed E-state index contributed by atoms with van der Waals surface area (Å²) in [6.45, 7) is 2.88. The van der Waals surface area contributed by atoms with Gasteiger partial charge in [0.2, 0.25) is 5.91 Å². The maximum Gasteiger partial charge on any atom is 0.221 e. The SMILES string of the molecule is CC(=O)Nc1ccc(CCCN)cc1CCCN. The first-order valence-electron chi connectivity index (χ1n) is 6.47. The van der Waals surface area contributed by atoms with Crippen molar-refractivity contribution in [1.82, 2.24) is 0 Å². The molecule has 18 heavy (non-hydrogen) atoms. The second-order valence-corrected chi connectivity index (χ2v) is 4.46. The molecule has 0 aliphatic carbocycles. The first-order valence-corrected chi connectivity index (χ1v) is 6.47. The number of hydrogen-bond acceptors (Lipinski definition) is 3. The van der Waals surface area contributed by atoms with Crippen LogP contribution in [0.2, 0.25) is 0 Å². The van der Waals surface area contributed by atoms with Gasteiger partial charge in [0.1, 0.15) is 0 Å². The topological polar surface area (TPSA) is 81.1 Å². The molecular weight excluding hydrogens is 226 g/mol. The first kappa shape index (κ1) is 14.7. The molecule has 0 bridgehead atoms. The number of nitrogens with one attached hydrogen (secondary N) is 1. The summed E-state index contributed by atoms with van der Waals surface area (Å²) in [6, 6.07) is 6.17. The number of rotatable bonds is 7. The van der Waals surface area contributed by atoms with Crippen LogP contribution in [0.5, 0.6) is 0 Å². The van der Waals surface area contributed by atoms with Crippen LogP contribution in [0, 0.1) is 0 Å². The molecule has 0 aliphatic rings. The minimum atomic E-state index is -0.0429. The van der Waals surface area contributed by atoms with Gasteiger partial charge < -0.3 is 16.8 Å². The molecule has 0 spiro atoms. The van der Waals surface area contributed by atoms with Gasteiger partial charge in [-0.1, -0.05) is 12.1 Å². The van der Waals surface area contributed by atoms with Crippen LogP contribution in [-0.4, -0.2) is 19.0 Å². The molecule has 1 rings (SSSR count). The summed E-state index contributed by atoms with van der Waals surface area (Å²) in [5, 5.41) is 2.86. The number of carbonyl (C=O) groups is 1. The van der Waals surface area contributed by atoms with Gasteiger partial charge in [-0.15, -0.1) is 0 Å². The number of benzene rings is 1. The molecule has 4 heteroatoms. The molecule has 0 saturated carbocycles. The summed E-state index contributed by atoms with van der Waals surface area (Å²) in [7, 11) is 0. The average molecular weight is 249 g/mol. The van der Waals surface area contributed by atoms with E-state index >= 15 is 0 Å². The van der Waals surface area contributed by atoms with Crippen LogP contribution in [0.4, 0.5) is 5.69 Å². The van der Waals surface area contributed by atoms with Crippen LogP contribution in [0.3, 0.4) is 0 Å². The van der Waals surface area contributed by atoms with Gasteiger partial charge in [-0.3, -0.25) is 4.79 Å². The largest absolute Gasteiger partial charge is 0.330 e. The lowest BCUT2D eigenvalue weighted by Crippen LogP contribution is -2.10. The molecule has 0 aromatic heterocycles. The third-order valence-corrected chi connectivity index (χ3v) is 2.80. The predicted molar refractivity (Wildman–Crippen MR) is 75.5 cm³/mol. The summed E-state index contributed by atoms with van der Waals surface area (Å²) in [5.74, 6) is -0.0429. The maximum atomic E-state index is 11.1. The number of amides is 1. The van der Waals surface area contributed by atoms with E-state index in [1.54, 1.807) is 0 Å². The van der Waals surface area contributed by atoms with Crippen molar-refractivity contribution in [3.05, 3.63) is 29.3 Å². The summed E-state index contributed by atoms with van der Waals surface area (Å²) in [4.78, 5) is 11.1. The highest BCUT2D eigenvalue weighted by Gasteiger charge is 2.05. The molecular formula is C14H23N3O. The van der Waals surface area contributed by atoms with E-state index in [0.717, 1.165) is 36.9 Å². The Morgan fingerprint density at radius 3 is 2.44 bits per heavy atom. The van der Waals surface area contributed by atoms with Gasteiger partial charge in [-0.05, 0) is 56.0 Å². The smallest absolute Gasteiger partial charge is 0.221 e. The quantitative estimate of drug-likeness (QED) is 0.683. The van der Waals surface area contributed by atoms with E-state index in [2.05, 4.69) is 11.4 Å². The zero-order valence-corrected chi connectivity index (χ0v) is 11.0. The molecule has 4 nitrogen and oxygen atoms in total. The van der Waals surface area contributed by atoms with E-state index in [9.17, 15) is 4.79 Å². The first-order chi connectivity index (χ1) is 8.67. The fraction of sp³-hybridized carbons (Fsp3) is 0.500. The van der Waals surface area contributed by atoms with Crippen molar-refractivity contribution in [1.29, 1.82) is 0 Å². The summed E-state index contributed by atoms with van der Waals surface area (Å²) in [6.07, 6.45) is 3.78. The van der Waals surface area contributed by atoms with Crippen molar-refractivity contribution in [2.24, 2.45) is 11.5 Å². The molecule has 0 unspecified atom stereocenters. The molecule has 1 aromatic carbocycles. The van der Waals surface area contributed by atoms with Crippen LogP contribution in [-0.2, 0) is 17.6 Å². The molecule has 0 aliphatic heterocycles. The lowest BCUT2D eigenvalue weighted by atomic mass is 10.0. The van der Waals surface area contributed by atoms with Crippen molar-refractivity contribution < 1.29 is 4.79 Å². The maximum absolute atomic E-state index is 11.1. The highest BCUT2D eigenvalue weighted by Crippen LogP contribution is 2.20. The van der Waals surface area contributed by atoms with Crippen LogP contribution >= 0.6 is 0 Å². The van der Waals surface area contributed by atoms with E-state index in [1.807, 2.05) is 12.1 Å². The van der Waals surface area contributed by atoms with Gasteiger partial charge in [-0.2, -0.15) is 0 Å². The van der Waals surface area contributed by atoms with Crippen LogP contribution in [0.15, 0.2) is 18.2 Å². The lowest BCUT2D eigenvalue weighted by Gasteiger charge is -2.12.